The van der Waals surface area contributed by atoms with E-state index in [0.717, 1.165) is 6.42 Å². The molecule has 19 heavy (non-hydrogen) atoms. The quantitative estimate of drug-likeness (QED) is 0.855. The van der Waals surface area contributed by atoms with Gasteiger partial charge in [-0.25, -0.2) is 4.39 Å². The lowest BCUT2D eigenvalue weighted by Crippen LogP contribution is -2.30. The average Bonchev–Trinajstić information content (AvgIpc) is 2.81. The first-order chi connectivity index (χ1) is 9.06. The standard InChI is InChI=1S/C14H13ClFNO2/c1-8-5-6-19-14(8)13(18)10(7-17)9-3-2-4-11(15)12(9)16/h2-4,8,10,14H,5-6H2,1H3. The lowest BCUT2D eigenvalue weighted by Gasteiger charge is -2.17. The second kappa shape index (κ2) is 5.68. The van der Waals surface area contributed by atoms with Crippen molar-refractivity contribution >= 4 is 17.4 Å². The zero-order valence-corrected chi connectivity index (χ0v) is 11.2. The molecule has 0 N–H and O–H groups in total. The first-order valence-corrected chi connectivity index (χ1v) is 6.43. The van der Waals surface area contributed by atoms with Crippen molar-refractivity contribution < 1.29 is 13.9 Å². The molecule has 0 bridgehead atoms. The largest absolute Gasteiger partial charge is 0.370 e. The van der Waals surface area contributed by atoms with Crippen LogP contribution in [0.2, 0.25) is 5.02 Å². The van der Waals surface area contributed by atoms with E-state index >= 15 is 0 Å². The van der Waals surface area contributed by atoms with E-state index in [1.54, 1.807) is 0 Å². The zero-order valence-electron chi connectivity index (χ0n) is 10.4. The molecule has 0 amide bonds. The molecule has 0 aliphatic carbocycles. The first-order valence-electron chi connectivity index (χ1n) is 6.05. The number of carbonyl (C=O) groups is 1. The third-order valence-corrected chi connectivity index (χ3v) is 3.67. The van der Waals surface area contributed by atoms with Crippen molar-refractivity contribution in [3.05, 3.63) is 34.6 Å². The smallest absolute Gasteiger partial charge is 0.183 e. The van der Waals surface area contributed by atoms with Crippen molar-refractivity contribution in [2.75, 3.05) is 6.61 Å². The molecule has 0 spiro atoms. The molecule has 1 aromatic carbocycles. The summed E-state index contributed by atoms with van der Waals surface area (Å²) in [6, 6.07) is 6.17. The van der Waals surface area contributed by atoms with Crippen LogP contribution < -0.4 is 0 Å². The number of rotatable bonds is 3. The summed E-state index contributed by atoms with van der Waals surface area (Å²) in [5.41, 5.74) is 0.0164. The third-order valence-electron chi connectivity index (χ3n) is 3.37. The Morgan fingerprint density at radius 2 is 2.37 bits per heavy atom. The summed E-state index contributed by atoms with van der Waals surface area (Å²) >= 11 is 5.68. The summed E-state index contributed by atoms with van der Waals surface area (Å²) in [5.74, 6) is -2.24. The fourth-order valence-corrected chi connectivity index (χ4v) is 2.44. The summed E-state index contributed by atoms with van der Waals surface area (Å²) in [6.45, 7) is 2.38. The van der Waals surface area contributed by atoms with E-state index in [1.165, 1.54) is 18.2 Å². The van der Waals surface area contributed by atoms with Crippen LogP contribution in [-0.4, -0.2) is 18.5 Å². The molecule has 1 aliphatic rings. The highest BCUT2D eigenvalue weighted by Crippen LogP contribution is 2.30. The van der Waals surface area contributed by atoms with Gasteiger partial charge in [0.1, 0.15) is 17.8 Å². The van der Waals surface area contributed by atoms with Gasteiger partial charge < -0.3 is 4.74 Å². The number of nitriles is 1. The molecule has 0 saturated carbocycles. The molecule has 1 saturated heterocycles. The van der Waals surface area contributed by atoms with E-state index in [4.69, 9.17) is 16.3 Å². The molecule has 0 aromatic heterocycles. The molecular formula is C14H13ClFNO2. The highest BCUT2D eigenvalue weighted by atomic mass is 35.5. The van der Waals surface area contributed by atoms with Crippen LogP contribution in [0.3, 0.4) is 0 Å². The van der Waals surface area contributed by atoms with E-state index < -0.39 is 23.6 Å². The second-order valence-corrected chi connectivity index (χ2v) is 5.07. The van der Waals surface area contributed by atoms with Gasteiger partial charge in [0.15, 0.2) is 5.78 Å². The Hall–Kier alpha value is -1.44. The highest BCUT2D eigenvalue weighted by molar-refractivity contribution is 6.30. The van der Waals surface area contributed by atoms with Crippen molar-refractivity contribution in [3.63, 3.8) is 0 Å². The summed E-state index contributed by atoms with van der Waals surface area (Å²) in [4.78, 5) is 12.3. The third kappa shape index (κ3) is 2.63. The minimum absolute atomic E-state index is 0.0164. The van der Waals surface area contributed by atoms with Gasteiger partial charge >= 0.3 is 0 Å². The molecule has 1 aromatic rings. The SMILES string of the molecule is CC1CCOC1C(=O)C(C#N)c1cccc(Cl)c1F. The van der Waals surface area contributed by atoms with Crippen LogP contribution in [-0.2, 0) is 9.53 Å². The summed E-state index contributed by atoms with van der Waals surface area (Å²) in [7, 11) is 0. The molecule has 3 unspecified atom stereocenters. The van der Waals surface area contributed by atoms with Gasteiger partial charge in [-0.2, -0.15) is 5.26 Å². The molecule has 0 radical (unpaired) electrons. The van der Waals surface area contributed by atoms with Crippen molar-refractivity contribution in [2.24, 2.45) is 5.92 Å². The molecule has 3 atom stereocenters. The van der Waals surface area contributed by atoms with Crippen LogP contribution in [0.25, 0.3) is 0 Å². The Morgan fingerprint density at radius 1 is 1.63 bits per heavy atom. The molecule has 5 heteroatoms. The zero-order chi connectivity index (χ0) is 14.0. The second-order valence-electron chi connectivity index (χ2n) is 4.66. The van der Waals surface area contributed by atoms with E-state index in [1.807, 2.05) is 13.0 Å². The van der Waals surface area contributed by atoms with Crippen molar-refractivity contribution in [3.8, 4) is 6.07 Å². The Balaban J connectivity index is 2.32. The Bertz CT molecular complexity index is 541. The molecule has 1 fully saturated rings. The summed E-state index contributed by atoms with van der Waals surface area (Å²) in [5, 5.41) is 9.08. The predicted octanol–water partition coefficient (Wildman–Crippen LogP) is 3.08. The first kappa shape index (κ1) is 14.0. The number of hydrogen-bond donors (Lipinski definition) is 0. The number of nitrogens with zero attached hydrogens (tertiary/aromatic N) is 1. The molecule has 1 aliphatic heterocycles. The van der Waals surface area contributed by atoms with Crippen LogP contribution in [0.4, 0.5) is 4.39 Å². The summed E-state index contributed by atoms with van der Waals surface area (Å²) < 4.78 is 19.3. The number of hydrogen-bond acceptors (Lipinski definition) is 3. The lowest BCUT2D eigenvalue weighted by atomic mass is 9.88. The molecule has 3 nitrogen and oxygen atoms in total. The van der Waals surface area contributed by atoms with E-state index in [9.17, 15) is 14.4 Å². The molecule has 1 heterocycles. The minimum Gasteiger partial charge on any atom is -0.370 e. The molecular weight excluding hydrogens is 269 g/mol. The van der Waals surface area contributed by atoms with Gasteiger partial charge in [0.05, 0.1) is 11.1 Å². The average molecular weight is 282 g/mol. The van der Waals surface area contributed by atoms with Crippen LogP contribution in [0.1, 0.15) is 24.8 Å². The van der Waals surface area contributed by atoms with E-state index in [0.29, 0.717) is 6.61 Å². The number of ketones is 1. The number of halogens is 2. The number of benzene rings is 1. The number of carbonyl (C=O) groups excluding carboxylic acids is 1. The van der Waals surface area contributed by atoms with Gasteiger partial charge in [0, 0.05) is 12.2 Å². The van der Waals surface area contributed by atoms with Gasteiger partial charge in [0.25, 0.3) is 0 Å². The maximum atomic E-state index is 13.9. The van der Waals surface area contributed by atoms with Crippen molar-refractivity contribution in [2.45, 2.75) is 25.4 Å². The van der Waals surface area contributed by atoms with E-state index in [-0.39, 0.29) is 16.5 Å². The van der Waals surface area contributed by atoms with Crippen LogP contribution in [0.5, 0.6) is 0 Å². The monoisotopic (exact) mass is 281 g/mol. The number of ether oxygens (including phenoxy) is 1. The summed E-state index contributed by atoms with van der Waals surface area (Å²) in [6.07, 6.45) is 0.134. The van der Waals surface area contributed by atoms with Gasteiger partial charge in [-0.05, 0) is 18.4 Å². The predicted molar refractivity (Wildman–Crippen MR) is 68.3 cm³/mol. The van der Waals surface area contributed by atoms with Crippen LogP contribution >= 0.6 is 11.6 Å². The van der Waals surface area contributed by atoms with Gasteiger partial charge in [-0.3, -0.25) is 4.79 Å². The normalized spacial score (nSPS) is 23.9. The highest BCUT2D eigenvalue weighted by Gasteiger charge is 2.37. The Kier molecular flexibility index (Phi) is 4.18. The van der Waals surface area contributed by atoms with Crippen molar-refractivity contribution in [1.82, 2.24) is 0 Å². The molecule has 2 rings (SSSR count). The van der Waals surface area contributed by atoms with Crippen LogP contribution in [0, 0.1) is 23.1 Å². The Labute approximate surface area is 115 Å². The van der Waals surface area contributed by atoms with Gasteiger partial charge in [0.2, 0.25) is 0 Å². The van der Waals surface area contributed by atoms with Gasteiger partial charge in [-0.1, -0.05) is 30.7 Å². The van der Waals surface area contributed by atoms with E-state index in [2.05, 4.69) is 0 Å². The fraction of sp³-hybridized carbons (Fsp3) is 0.429. The topological polar surface area (TPSA) is 50.1 Å². The minimum atomic E-state index is -1.18. The molecule has 100 valence electrons. The van der Waals surface area contributed by atoms with Crippen molar-refractivity contribution in [1.29, 1.82) is 5.26 Å². The number of Topliss-reactive ketones (excluding diaryl/α,β-unsaturated/α-hetero) is 1. The fourth-order valence-electron chi connectivity index (χ4n) is 2.25. The van der Waals surface area contributed by atoms with Crippen LogP contribution in [0.15, 0.2) is 18.2 Å². The van der Waals surface area contributed by atoms with Gasteiger partial charge in [-0.15, -0.1) is 0 Å². The lowest BCUT2D eigenvalue weighted by molar-refractivity contribution is -0.129. The maximum absolute atomic E-state index is 13.9. The Morgan fingerprint density at radius 3 is 2.95 bits per heavy atom. The maximum Gasteiger partial charge on any atom is 0.183 e.